The molecule has 0 bridgehead atoms. The summed E-state index contributed by atoms with van der Waals surface area (Å²) in [5.74, 6) is -0.289. The van der Waals surface area contributed by atoms with E-state index in [2.05, 4.69) is 21.2 Å². The molecule has 1 aliphatic heterocycles. The van der Waals surface area contributed by atoms with Crippen molar-refractivity contribution >= 4 is 24.5 Å². The van der Waals surface area contributed by atoms with Gasteiger partial charge in [0.15, 0.2) is 0 Å². The van der Waals surface area contributed by atoms with Crippen LogP contribution in [0.5, 0.6) is 0 Å². The summed E-state index contributed by atoms with van der Waals surface area (Å²) >= 11 is 0. The highest BCUT2D eigenvalue weighted by molar-refractivity contribution is 5.85. The smallest absolute Gasteiger partial charge is 0.327 e. The average molecular weight is 272 g/mol. The minimum Gasteiger partial charge on any atom is -0.468 e. The minimum atomic E-state index is -0.289. The maximum Gasteiger partial charge on any atom is 0.327 e. The summed E-state index contributed by atoms with van der Waals surface area (Å²) < 4.78 is 6.17. The minimum absolute atomic E-state index is 0. The molecule has 0 aromatic carbocycles. The van der Waals surface area contributed by atoms with Crippen LogP contribution < -0.4 is 5.32 Å². The van der Waals surface area contributed by atoms with Crippen molar-refractivity contribution in [3.8, 4) is 0 Å². The number of nitrogens with one attached hydrogen (secondary N) is 1. The molecule has 0 unspecified atom stereocenters. The van der Waals surface area contributed by atoms with Gasteiger partial charge in [0.2, 0.25) is 0 Å². The van der Waals surface area contributed by atoms with E-state index in [1.54, 1.807) is 10.9 Å². The molecular weight excluding hydrogens is 254 g/mol. The van der Waals surface area contributed by atoms with Gasteiger partial charge in [0, 0.05) is 24.0 Å². The third kappa shape index (κ3) is 4.07. The molecule has 0 amide bonds. The van der Waals surface area contributed by atoms with E-state index in [1.165, 1.54) is 25.6 Å². The number of ether oxygens (including phenoxy) is 1. The number of halogens is 1. The topological polar surface area (TPSA) is 56.1 Å². The molecule has 0 aliphatic carbocycles. The summed E-state index contributed by atoms with van der Waals surface area (Å²) in [5, 5.41) is 7.47. The molecule has 1 aromatic rings. The van der Waals surface area contributed by atoms with Gasteiger partial charge in [-0.2, -0.15) is 5.10 Å². The van der Waals surface area contributed by atoms with Crippen molar-refractivity contribution in [1.29, 1.82) is 0 Å². The molecule has 6 heteroatoms. The number of methoxy groups -OCH3 is 1. The van der Waals surface area contributed by atoms with Gasteiger partial charge < -0.3 is 10.1 Å². The monoisotopic (exact) mass is 271 g/mol. The highest BCUT2D eigenvalue weighted by Gasteiger charge is 2.06. The van der Waals surface area contributed by atoms with Crippen LogP contribution in [0.4, 0.5) is 0 Å². The second kappa shape index (κ2) is 7.06. The molecule has 0 spiro atoms. The highest BCUT2D eigenvalue weighted by Crippen LogP contribution is 2.13. The first-order valence-electron chi connectivity index (χ1n) is 5.81. The molecule has 0 radical (unpaired) electrons. The van der Waals surface area contributed by atoms with Crippen molar-refractivity contribution in [3.63, 3.8) is 0 Å². The van der Waals surface area contributed by atoms with Crippen LogP contribution in [-0.4, -0.2) is 29.4 Å². The Morgan fingerprint density at radius 3 is 3.11 bits per heavy atom. The Kier molecular flexibility index (Phi) is 5.71. The Balaban J connectivity index is 0.00000162. The molecule has 1 aliphatic rings. The fourth-order valence-corrected chi connectivity index (χ4v) is 1.84. The van der Waals surface area contributed by atoms with Crippen LogP contribution in [0.15, 0.2) is 18.1 Å². The van der Waals surface area contributed by atoms with Crippen LogP contribution in [0, 0.1) is 0 Å². The van der Waals surface area contributed by atoms with Crippen LogP contribution in [-0.2, 0) is 16.1 Å². The van der Waals surface area contributed by atoms with Gasteiger partial charge in [-0.25, -0.2) is 0 Å². The van der Waals surface area contributed by atoms with E-state index in [9.17, 15) is 4.79 Å². The van der Waals surface area contributed by atoms with Gasteiger partial charge in [0.05, 0.1) is 13.3 Å². The molecule has 2 rings (SSSR count). The number of piperidine rings is 1. The van der Waals surface area contributed by atoms with Gasteiger partial charge in [-0.3, -0.25) is 9.48 Å². The predicted octanol–water partition coefficient (Wildman–Crippen LogP) is 1.59. The molecule has 1 aromatic heterocycles. The zero-order valence-corrected chi connectivity index (χ0v) is 11.2. The summed E-state index contributed by atoms with van der Waals surface area (Å²) in [4.78, 5) is 11.1. The molecule has 18 heavy (non-hydrogen) atoms. The normalized spacial score (nSPS) is 16.8. The van der Waals surface area contributed by atoms with Crippen LogP contribution in [0.3, 0.4) is 0 Å². The van der Waals surface area contributed by atoms with E-state index in [4.69, 9.17) is 0 Å². The first kappa shape index (κ1) is 14.6. The van der Waals surface area contributed by atoms with E-state index in [-0.39, 0.29) is 24.9 Å². The largest absolute Gasteiger partial charge is 0.468 e. The maximum absolute atomic E-state index is 11.1. The Morgan fingerprint density at radius 1 is 1.61 bits per heavy atom. The lowest BCUT2D eigenvalue weighted by Crippen LogP contribution is -2.19. The lowest BCUT2D eigenvalue weighted by molar-refractivity contribution is -0.141. The Labute approximate surface area is 113 Å². The van der Waals surface area contributed by atoms with Gasteiger partial charge in [0.25, 0.3) is 0 Å². The third-order valence-corrected chi connectivity index (χ3v) is 2.74. The van der Waals surface area contributed by atoms with E-state index in [0.717, 1.165) is 18.5 Å². The molecule has 5 nitrogen and oxygen atoms in total. The number of aromatic nitrogens is 2. The van der Waals surface area contributed by atoms with Crippen molar-refractivity contribution in [2.75, 3.05) is 13.7 Å². The highest BCUT2D eigenvalue weighted by atomic mass is 35.5. The van der Waals surface area contributed by atoms with Crippen molar-refractivity contribution in [2.24, 2.45) is 0 Å². The number of allylic oxidation sites excluding steroid dienone is 1. The maximum atomic E-state index is 11.1. The summed E-state index contributed by atoms with van der Waals surface area (Å²) in [6, 6.07) is 0. The van der Waals surface area contributed by atoms with E-state index < -0.39 is 0 Å². The predicted molar refractivity (Wildman–Crippen MR) is 71.3 cm³/mol. The second-order valence-electron chi connectivity index (χ2n) is 4.10. The number of hydrogen-bond acceptors (Lipinski definition) is 4. The third-order valence-electron chi connectivity index (χ3n) is 2.74. The van der Waals surface area contributed by atoms with Crippen molar-refractivity contribution in [1.82, 2.24) is 15.1 Å². The molecule has 100 valence electrons. The molecule has 1 fully saturated rings. The second-order valence-corrected chi connectivity index (χ2v) is 4.10. The van der Waals surface area contributed by atoms with Crippen LogP contribution in [0.1, 0.15) is 24.8 Å². The van der Waals surface area contributed by atoms with Gasteiger partial charge >= 0.3 is 5.97 Å². The SMILES string of the molecule is COC(=O)Cn1cc(C=C2CCCCN2)cn1.Cl. The quantitative estimate of drug-likeness (QED) is 0.849. The van der Waals surface area contributed by atoms with Crippen molar-refractivity contribution in [2.45, 2.75) is 25.8 Å². The number of esters is 1. The van der Waals surface area contributed by atoms with E-state index in [0.29, 0.717) is 0 Å². The number of carbonyl (C=O) groups excluding carboxylic acids is 1. The summed E-state index contributed by atoms with van der Waals surface area (Å²) in [5.41, 5.74) is 2.26. The fraction of sp³-hybridized carbons (Fsp3) is 0.500. The number of carbonyl (C=O) groups is 1. The van der Waals surface area contributed by atoms with Gasteiger partial charge in [-0.15, -0.1) is 12.4 Å². The van der Waals surface area contributed by atoms with Gasteiger partial charge in [0.1, 0.15) is 6.54 Å². The van der Waals surface area contributed by atoms with Gasteiger partial charge in [-0.1, -0.05) is 0 Å². The number of rotatable bonds is 3. The summed E-state index contributed by atoms with van der Waals surface area (Å²) in [7, 11) is 1.38. The number of nitrogens with zero attached hydrogens (tertiary/aromatic N) is 2. The first-order valence-corrected chi connectivity index (χ1v) is 5.81. The molecule has 0 atom stereocenters. The Bertz CT molecular complexity index is 421. The molecular formula is C12H18ClN3O2. The molecule has 0 saturated carbocycles. The van der Waals surface area contributed by atoms with Crippen LogP contribution in [0.25, 0.3) is 6.08 Å². The standard InChI is InChI=1S/C12H17N3O2.ClH/c1-17-12(16)9-15-8-10(7-14-15)6-11-4-2-3-5-13-11;/h6-8,13H,2-5,9H2,1H3;1H. The van der Waals surface area contributed by atoms with Crippen molar-refractivity contribution in [3.05, 3.63) is 23.7 Å². The van der Waals surface area contributed by atoms with E-state index in [1.807, 2.05) is 6.20 Å². The van der Waals surface area contributed by atoms with Crippen LogP contribution in [0.2, 0.25) is 0 Å². The summed E-state index contributed by atoms with van der Waals surface area (Å²) in [6.45, 7) is 1.20. The Hall–Kier alpha value is -1.49. The molecule has 1 N–H and O–H groups in total. The lowest BCUT2D eigenvalue weighted by atomic mass is 10.1. The number of hydrogen-bond donors (Lipinski definition) is 1. The molecule has 2 heterocycles. The van der Waals surface area contributed by atoms with E-state index >= 15 is 0 Å². The molecule has 1 saturated heterocycles. The van der Waals surface area contributed by atoms with Crippen molar-refractivity contribution < 1.29 is 9.53 Å². The zero-order chi connectivity index (χ0) is 12.1. The fourth-order valence-electron chi connectivity index (χ4n) is 1.84. The van der Waals surface area contributed by atoms with Gasteiger partial charge in [-0.05, 0) is 25.3 Å². The average Bonchev–Trinajstić information content (AvgIpc) is 2.77. The zero-order valence-electron chi connectivity index (χ0n) is 10.4. The van der Waals surface area contributed by atoms with Crippen LogP contribution >= 0.6 is 12.4 Å². The first-order chi connectivity index (χ1) is 8.28. The lowest BCUT2D eigenvalue weighted by Gasteiger charge is -2.15. The Morgan fingerprint density at radius 2 is 2.44 bits per heavy atom. The summed E-state index contributed by atoms with van der Waals surface area (Å²) in [6.07, 6.45) is 9.24.